The minimum absolute atomic E-state index is 0.271. The summed E-state index contributed by atoms with van der Waals surface area (Å²) in [7, 11) is 0. The maximum atomic E-state index is 10.3. The van der Waals surface area contributed by atoms with Crippen LogP contribution in [0.15, 0.2) is 140 Å². The highest BCUT2D eigenvalue weighted by atomic mass is 16.3. The minimum Gasteiger partial charge on any atom is -0.508 e. The zero-order valence-electron chi connectivity index (χ0n) is 22.7. The molecule has 0 saturated carbocycles. The molecule has 1 N–H and O–H groups in total. The average Bonchev–Trinajstić information content (AvgIpc) is 3.28. The van der Waals surface area contributed by atoms with Crippen molar-refractivity contribution in [2.24, 2.45) is 0 Å². The predicted octanol–water partition coefficient (Wildman–Crippen LogP) is 9.71. The van der Waals surface area contributed by atoms with Crippen molar-refractivity contribution in [1.29, 1.82) is 0 Å². The molecule has 1 nitrogen and oxygen atoms in total. The fraction of sp³-hybridized carbons (Fsp3) is 0.0769. The highest BCUT2D eigenvalue weighted by Gasteiger charge is 2.46. The molecule has 0 amide bonds. The minimum atomic E-state index is -0.541. The van der Waals surface area contributed by atoms with Gasteiger partial charge in [0.1, 0.15) is 5.75 Å². The van der Waals surface area contributed by atoms with Gasteiger partial charge < -0.3 is 5.11 Å². The molecule has 7 rings (SSSR count). The van der Waals surface area contributed by atoms with Crippen molar-refractivity contribution >= 4 is 0 Å². The van der Waals surface area contributed by atoms with Crippen molar-refractivity contribution in [2.75, 3.05) is 0 Å². The van der Waals surface area contributed by atoms with Crippen LogP contribution >= 0.6 is 0 Å². The van der Waals surface area contributed by atoms with E-state index in [1.54, 1.807) is 0 Å². The molecule has 1 heteroatoms. The molecule has 0 saturated heterocycles. The lowest BCUT2D eigenvalue weighted by atomic mass is 9.67. The molecule has 1 aliphatic rings. The summed E-state index contributed by atoms with van der Waals surface area (Å²) < 4.78 is 0. The lowest BCUT2D eigenvalue weighted by Crippen LogP contribution is -2.28. The summed E-state index contributed by atoms with van der Waals surface area (Å²) in [5.74, 6) is 0.271. The molecule has 0 aliphatic heterocycles. The van der Waals surface area contributed by atoms with Gasteiger partial charge in [0, 0.05) is 0 Å². The fourth-order valence-electron chi connectivity index (χ4n) is 6.36. The summed E-state index contributed by atoms with van der Waals surface area (Å²) in [6, 6.07) is 50.0. The first-order valence-corrected chi connectivity index (χ1v) is 13.8. The highest BCUT2D eigenvalue weighted by Crippen LogP contribution is 2.57. The molecular formula is C39H30O. The van der Waals surface area contributed by atoms with Gasteiger partial charge in [0.25, 0.3) is 0 Å². The Morgan fingerprint density at radius 2 is 0.850 bits per heavy atom. The zero-order valence-corrected chi connectivity index (χ0v) is 22.7. The molecule has 0 unspecified atom stereocenters. The number of fused-ring (bicyclic) bond motifs is 3. The van der Waals surface area contributed by atoms with Crippen LogP contribution in [0.2, 0.25) is 0 Å². The van der Waals surface area contributed by atoms with E-state index in [0.717, 1.165) is 5.56 Å². The third kappa shape index (κ3) is 3.78. The molecule has 6 aromatic carbocycles. The number of aryl methyl sites for hydroxylation is 2. The molecule has 0 atom stereocenters. The smallest absolute Gasteiger partial charge is 0.115 e. The first-order valence-electron chi connectivity index (χ1n) is 13.8. The lowest BCUT2D eigenvalue weighted by molar-refractivity contribution is 0.475. The van der Waals surface area contributed by atoms with E-state index >= 15 is 0 Å². The van der Waals surface area contributed by atoms with Crippen LogP contribution < -0.4 is 0 Å². The van der Waals surface area contributed by atoms with Crippen molar-refractivity contribution in [3.63, 3.8) is 0 Å². The molecule has 0 aromatic heterocycles. The molecule has 1 aliphatic carbocycles. The van der Waals surface area contributed by atoms with Gasteiger partial charge in [-0.15, -0.1) is 0 Å². The predicted molar refractivity (Wildman–Crippen MR) is 166 cm³/mol. The summed E-state index contributed by atoms with van der Waals surface area (Å²) in [6.07, 6.45) is 0. The lowest BCUT2D eigenvalue weighted by Gasteiger charge is -2.34. The summed E-state index contributed by atoms with van der Waals surface area (Å²) in [5.41, 5.74) is 14.1. The Bertz CT molecular complexity index is 1730. The molecule has 40 heavy (non-hydrogen) atoms. The normalized spacial score (nSPS) is 13.1. The van der Waals surface area contributed by atoms with E-state index < -0.39 is 5.41 Å². The topological polar surface area (TPSA) is 20.2 Å². The van der Waals surface area contributed by atoms with Crippen molar-refractivity contribution in [2.45, 2.75) is 19.3 Å². The van der Waals surface area contributed by atoms with Gasteiger partial charge in [-0.1, -0.05) is 126 Å². The molecule has 0 fully saturated rings. The van der Waals surface area contributed by atoms with Crippen LogP contribution in [-0.4, -0.2) is 5.11 Å². The maximum Gasteiger partial charge on any atom is 0.115 e. The summed E-state index contributed by atoms with van der Waals surface area (Å²) in [6.45, 7) is 4.25. The van der Waals surface area contributed by atoms with Crippen LogP contribution in [0.1, 0.15) is 33.4 Å². The second kappa shape index (κ2) is 9.39. The van der Waals surface area contributed by atoms with Crippen LogP contribution in [0.3, 0.4) is 0 Å². The van der Waals surface area contributed by atoms with Gasteiger partial charge in [-0.25, -0.2) is 0 Å². The van der Waals surface area contributed by atoms with E-state index in [9.17, 15) is 5.11 Å². The number of hydrogen-bond donors (Lipinski definition) is 1. The molecular weight excluding hydrogens is 484 g/mol. The number of hydrogen-bond acceptors (Lipinski definition) is 1. The van der Waals surface area contributed by atoms with Crippen LogP contribution in [0.25, 0.3) is 33.4 Å². The van der Waals surface area contributed by atoms with Gasteiger partial charge in [-0.05, 0) is 93.7 Å². The van der Waals surface area contributed by atoms with Crippen molar-refractivity contribution in [3.8, 4) is 39.1 Å². The molecule has 0 heterocycles. The maximum absolute atomic E-state index is 10.3. The second-order valence-corrected chi connectivity index (χ2v) is 10.9. The van der Waals surface area contributed by atoms with E-state index in [-0.39, 0.29) is 5.75 Å². The number of phenolic OH excluding ortho intramolecular Hbond substituents is 1. The van der Waals surface area contributed by atoms with E-state index in [0.29, 0.717) is 0 Å². The van der Waals surface area contributed by atoms with Gasteiger partial charge in [-0.3, -0.25) is 0 Å². The fourth-order valence-corrected chi connectivity index (χ4v) is 6.36. The largest absolute Gasteiger partial charge is 0.508 e. The third-order valence-electron chi connectivity index (χ3n) is 8.41. The summed E-state index contributed by atoms with van der Waals surface area (Å²) in [4.78, 5) is 0. The van der Waals surface area contributed by atoms with E-state index in [2.05, 4.69) is 141 Å². The van der Waals surface area contributed by atoms with Gasteiger partial charge in [0.2, 0.25) is 0 Å². The van der Waals surface area contributed by atoms with Crippen molar-refractivity contribution < 1.29 is 5.11 Å². The second-order valence-electron chi connectivity index (χ2n) is 10.9. The van der Waals surface area contributed by atoms with Crippen LogP contribution in [0, 0.1) is 13.8 Å². The number of phenols is 1. The number of aromatic hydroxyl groups is 1. The summed E-state index contributed by atoms with van der Waals surface area (Å²) in [5, 5.41) is 10.3. The number of benzene rings is 6. The van der Waals surface area contributed by atoms with Crippen LogP contribution in [0.5, 0.6) is 5.75 Å². The molecule has 192 valence electrons. The van der Waals surface area contributed by atoms with E-state index in [4.69, 9.17) is 0 Å². The van der Waals surface area contributed by atoms with Crippen LogP contribution in [0.4, 0.5) is 0 Å². The third-order valence-corrected chi connectivity index (χ3v) is 8.41. The Hall–Kier alpha value is -4.88. The Balaban J connectivity index is 1.56. The van der Waals surface area contributed by atoms with Crippen molar-refractivity contribution in [1.82, 2.24) is 0 Å². The van der Waals surface area contributed by atoms with Gasteiger partial charge in [-0.2, -0.15) is 0 Å². The Morgan fingerprint density at radius 3 is 1.32 bits per heavy atom. The Morgan fingerprint density at radius 1 is 0.425 bits per heavy atom. The zero-order chi connectivity index (χ0) is 27.3. The monoisotopic (exact) mass is 514 g/mol. The van der Waals surface area contributed by atoms with Gasteiger partial charge in [0.05, 0.1) is 5.41 Å². The first-order chi connectivity index (χ1) is 19.5. The SMILES string of the molecule is Cc1ccc(-c2ccc3c(c2)C(c2ccccc2)(c2ccc(O)cc2)c2cc(-c4ccc(C)cc4)ccc2-3)cc1. The van der Waals surface area contributed by atoms with E-state index in [1.807, 2.05) is 12.1 Å². The molecule has 0 radical (unpaired) electrons. The Labute approximate surface area is 236 Å². The highest BCUT2D eigenvalue weighted by molar-refractivity contribution is 5.90. The number of rotatable bonds is 4. The molecule has 0 spiro atoms. The van der Waals surface area contributed by atoms with E-state index in [1.165, 1.54) is 61.2 Å². The molecule has 0 bridgehead atoms. The van der Waals surface area contributed by atoms with Gasteiger partial charge in [0.15, 0.2) is 0 Å². The van der Waals surface area contributed by atoms with Gasteiger partial charge >= 0.3 is 0 Å². The quantitative estimate of drug-likeness (QED) is 0.248. The van der Waals surface area contributed by atoms with Crippen molar-refractivity contribution in [3.05, 3.63) is 173 Å². The standard InChI is InChI=1S/C39H30O/c1-26-8-12-28(13-9-26)30-16-22-35-36-23-17-31(29-14-10-27(2)11-15-29)25-38(36)39(37(35)24-30,32-6-4-3-5-7-32)33-18-20-34(40)21-19-33/h3-25,40H,1-2H3. The Kier molecular flexibility index (Phi) is 5.68. The summed E-state index contributed by atoms with van der Waals surface area (Å²) >= 11 is 0. The molecule has 6 aromatic rings. The first kappa shape index (κ1) is 24.2. The van der Waals surface area contributed by atoms with Crippen LogP contribution in [-0.2, 0) is 5.41 Å². The average molecular weight is 515 g/mol.